The zero-order valence-electron chi connectivity index (χ0n) is 13.3. The first-order valence-corrected chi connectivity index (χ1v) is 8.36. The highest BCUT2D eigenvalue weighted by atomic mass is 16.3. The maximum atomic E-state index is 9.47. The van der Waals surface area contributed by atoms with E-state index in [1.54, 1.807) is 0 Å². The lowest BCUT2D eigenvalue weighted by Crippen LogP contribution is -2.39. The summed E-state index contributed by atoms with van der Waals surface area (Å²) >= 11 is 0. The quantitative estimate of drug-likeness (QED) is 0.404. The molecule has 0 rings (SSSR count). The van der Waals surface area contributed by atoms with Gasteiger partial charge in [0.1, 0.15) is 0 Å². The summed E-state index contributed by atoms with van der Waals surface area (Å²) in [6.45, 7) is 5.05. The lowest BCUT2D eigenvalue weighted by Gasteiger charge is -2.30. The van der Waals surface area contributed by atoms with Gasteiger partial charge >= 0.3 is 0 Å². The topological polar surface area (TPSA) is 63.9 Å². The second-order valence-electron chi connectivity index (χ2n) is 5.56. The predicted molar refractivity (Wildman–Crippen MR) is 83.8 cm³/mol. The number of rotatable bonds is 15. The largest absolute Gasteiger partial charge is 0.396 e. The Bertz CT molecular complexity index is 173. The van der Waals surface area contributed by atoms with Crippen LogP contribution in [-0.4, -0.2) is 59.2 Å². The molecule has 4 heteroatoms. The molecule has 0 heterocycles. The van der Waals surface area contributed by atoms with Gasteiger partial charge in [0.2, 0.25) is 0 Å². The Morgan fingerprint density at radius 3 is 1.50 bits per heavy atom. The highest BCUT2D eigenvalue weighted by Crippen LogP contribution is 2.10. The van der Waals surface area contributed by atoms with Gasteiger partial charge in [-0.15, -0.1) is 0 Å². The van der Waals surface area contributed by atoms with Crippen molar-refractivity contribution < 1.29 is 15.3 Å². The number of aliphatic hydroxyl groups is 3. The van der Waals surface area contributed by atoms with E-state index in [4.69, 9.17) is 10.2 Å². The van der Waals surface area contributed by atoms with Crippen molar-refractivity contribution in [1.29, 1.82) is 0 Å². The van der Waals surface area contributed by atoms with Crippen molar-refractivity contribution in [3.8, 4) is 0 Å². The normalized spacial score (nSPS) is 13.1. The minimum atomic E-state index is 0.240. The van der Waals surface area contributed by atoms with Gasteiger partial charge in [0.05, 0.1) is 6.61 Å². The molecule has 0 spiro atoms. The van der Waals surface area contributed by atoms with Crippen LogP contribution in [0.5, 0.6) is 0 Å². The third-order valence-electron chi connectivity index (χ3n) is 3.91. The van der Waals surface area contributed by atoms with E-state index in [-0.39, 0.29) is 12.6 Å². The molecule has 0 aromatic rings. The van der Waals surface area contributed by atoms with Crippen LogP contribution in [0.25, 0.3) is 0 Å². The van der Waals surface area contributed by atoms with Gasteiger partial charge in [-0.05, 0) is 45.2 Å². The minimum Gasteiger partial charge on any atom is -0.396 e. The van der Waals surface area contributed by atoms with E-state index in [1.807, 2.05) is 0 Å². The summed E-state index contributed by atoms with van der Waals surface area (Å²) in [6.07, 6.45) is 9.58. The van der Waals surface area contributed by atoms with Crippen LogP contribution in [0.4, 0.5) is 0 Å². The SMILES string of the molecule is CCC(CO)N(CCCCCCO)CCCCCCO. The van der Waals surface area contributed by atoms with Gasteiger partial charge in [0.15, 0.2) is 0 Å². The second-order valence-corrected chi connectivity index (χ2v) is 5.56. The number of nitrogens with zero attached hydrogens (tertiary/aromatic N) is 1. The van der Waals surface area contributed by atoms with Crippen LogP contribution in [0.2, 0.25) is 0 Å². The van der Waals surface area contributed by atoms with E-state index in [9.17, 15) is 5.11 Å². The van der Waals surface area contributed by atoms with E-state index < -0.39 is 0 Å². The first-order valence-electron chi connectivity index (χ1n) is 8.36. The van der Waals surface area contributed by atoms with Crippen molar-refractivity contribution in [1.82, 2.24) is 4.90 Å². The van der Waals surface area contributed by atoms with E-state index >= 15 is 0 Å². The van der Waals surface area contributed by atoms with Gasteiger partial charge in [0.25, 0.3) is 0 Å². The smallest absolute Gasteiger partial charge is 0.0586 e. The summed E-state index contributed by atoms with van der Waals surface area (Å²) in [6, 6.07) is 0.283. The molecule has 122 valence electrons. The fraction of sp³-hybridized carbons (Fsp3) is 1.00. The third kappa shape index (κ3) is 10.6. The van der Waals surface area contributed by atoms with Crippen LogP contribution < -0.4 is 0 Å². The number of aliphatic hydroxyl groups excluding tert-OH is 3. The van der Waals surface area contributed by atoms with Crippen molar-refractivity contribution in [3.63, 3.8) is 0 Å². The molecule has 0 bridgehead atoms. The average Bonchev–Trinajstić information content (AvgIpc) is 2.47. The average molecular weight is 289 g/mol. The lowest BCUT2D eigenvalue weighted by molar-refractivity contribution is 0.115. The molecule has 0 aliphatic heterocycles. The molecule has 0 aromatic carbocycles. The van der Waals surface area contributed by atoms with Gasteiger partial charge in [-0.1, -0.05) is 32.6 Å². The zero-order valence-corrected chi connectivity index (χ0v) is 13.3. The molecule has 0 radical (unpaired) electrons. The molecule has 3 N–H and O–H groups in total. The van der Waals surface area contributed by atoms with Crippen LogP contribution >= 0.6 is 0 Å². The Morgan fingerprint density at radius 1 is 0.700 bits per heavy atom. The number of hydrogen-bond acceptors (Lipinski definition) is 4. The summed E-state index contributed by atoms with van der Waals surface area (Å²) in [5, 5.41) is 27.0. The van der Waals surface area contributed by atoms with Gasteiger partial charge in [0, 0.05) is 19.3 Å². The predicted octanol–water partition coefficient (Wildman–Crippen LogP) is 2.16. The van der Waals surface area contributed by atoms with Crippen LogP contribution in [0.3, 0.4) is 0 Å². The Labute approximate surface area is 124 Å². The van der Waals surface area contributed by atoms with E-state index in [2.05, 4.69) is 11.8 Å². The summed E-state index contributed by atoms with van der Waals surface area (Å²) in [7, 11) is 0. The summed E-state index contributed by atoms with van der Waals surface area (Å²) in [5.74, 6) is 0. The summed E-state index contributed by atoms with van der Waals surface area (Å²) in [5.41, 5.74) is 0. The molecule has 0 saturated heterocycles. The highest BCUT2D eigenvalue weighted by molar-refractivity contribution is 4.69. The lowest BCUT2D eigenvalue weighted by atomic mass is 10.1. The number of unbranched alkanes of at least 4 members (excludes halogenated alkanes) is 6. The molecule has 0 fully saturated rings. The molecule has 0 aromatic heterocycles. The first kappa shape index (κ1) is 19.8. The first-order chi connectivity index (χ1) is 9.79. The molecule has 4 nitrogen and oxygen atoms in total. The van der Waals surface area contributed by atoms with Crippen molar-refractivity contribution in [2.75, 3.05) is 32.9 Å². The standard InChI is InChI=1S/C16H35NO3/c1-2-16(15-20)17(11-7-3-5-9-13-18)12-8-4-6-10-14-19/h16,18-20H,2-15H2,1H3. The van der Waals surface area contributed by atoms with Gasteiger partial charge in [-0.25, -0.2) is 0 Å². The van der Waals surface area contributed by atoms with E-state index in [0.29, 0.717) is 13.2 Å². The fourth-order valence-electron chi connectivity index (χ4n) is 2.54. The Morgan fingerprint density at radius 2 is 1.15 bits per heavy atom. The van der Waals surface area contributed by atoms with Crippen molar-refractivity contribution in [3.05, 3.63) is 0 Å². The van der Waals surface area contributed by atoms with Crippen molar-refractivity contribution in [2.24, 2.45) is 0 Å². The minimum absolute atomic E-state index is 0.240. The van der Waals surface area contributed by atoms with Crippen LogP contribution in [-0.2, 0) is 0 Å². The molecular formula is C16H35NO3. The van der Waals surface area contributed by atoms with E-state index in [0.717, 1.165) is 70.9 Å². The van der Waals surface area contributed by atoms with Crippen molar-refractivity contribution >= 4 is 0 Å². The number of hydrogen-bond donors (Lipinski definition) is 3. The monoisotopic (exact) mass is 289 g/mol. The fourth-order valence-corrected chi connectivity index (χ4v) is 2.54. The van der Waals surface area contributed by atoms with Crippen LogP contribution in [0, 0.1) is 0 Å². The van der Waals surface area contributed by atoms with Crippen LogP contribution in [0.1, 0.15) is 64.7 Å². The molecule has 1 unspecified atom stereocenters. The Hall–Kier alpha value is -0.160. The van der Waals surface area contributed by atoms with Gasteiger partial charge in [-0.2, -0.15) is 0 Å². The van der Waals surface area contributed by atoms with Crippen LogP contribution in [0.15, 0.2) is 0 Å². The maximum Gasteiger partial charge on any atom is 0.0586 e. The molecule has 0 amide bonds. The highest BCUT2D eigenvalue weighted by Gasteiger charge is 2.14. The Kier molecular flexibility index (Phi) is 15.1. The Balaban J connectivity index is 3.88. The van der Waals surface area contributed by atoms with Gasteiger partial charge in [-0.3, -0.25) is 4.90 Å². The molecule has 1 atom stereocenters. The zero-order chi connectivity index (χ0) is 15.1. The molecule has 0 saturated carbocycles. The van der Waals surface area contributed by atoms with Crippen molar-refractivity contribution in [2.45, 2.75) is 70.8 Å². The van der Waals surface area contributed by atoms with E-state index in [1.165, 1.54) is 0 Å². The second kappa shape index (κ2) is 15.2. The maximum absolute atomic E-state index is 9.47. The molecule has 20 heavy (non-hydrogen) atoms. The summed E-state index contributed by atoms with van der Waals surface area (Å²) in [4.78, 5) is 2.41. The molecule has 0 aliphatic rings. The van der Waals surface area contributed by atoms with Gasteiger partial charge < -0.3 is 15.3 Å². The molecule has 0 aliphatic carbocycles. The molecular weight excluding hydrogens is 254 g/mol. The third-order valence-corrected chi connectivity index (χ3v) is 3.91. The summed E-state index contributed by atoms with van der Waals surface area (Å²) < 4.78 is 0.